The summed E-state index contributed by atoms with van der Waals surface area (Å²) in [5.74, 6) is 0.409. The minimum atomic E-state index is -0.0856. The Kier molecular flexibility index (Phi) is 5.22. The van der Waals surface area contributed by atoms with Crippen LogP contribution in [0.5, 0.6) is 0 Å². The summed E-state index contributed by atoms with van der Waals surface area (Å²) in [5, 5.41) is 2.65. The van der Waals surface area contributed by atoms with Crippen LogP contribution in [-0.2, 0) is 22.6 Å². The van der Waals surface area contributed by atoms with Crippen LogP contribution in [0.2, 0.25) is 0 Å². The molecule has 31 heavy (non-hydrogen) atoms. The van der Waals surface area contributed by atoms with E-state index < -0.39 is 0 Å². The molecule has 2 aromatic carbocycles. The van der Waals surface area contributed by atoms with Gasteiger partial charge in [0.05, 0.1) is 13.2 Å². The molecule has 4 nitrogen and oxygen atoms in total. The lowest BCUT2D eigenvalue weighted by atomic mass is 9.94. The molecule has 160 valence electrons. The molecule has 0 saturated carbocycles. The summed E-state index contributed by atoms with van der Waals surface area (Å²) in [6.07, 6.45) is 5.29. The number of benzene rings is 2. The summed E-state index contributed by atoms with van der Waals surface area (Å²) in [7, 11) is 0. The van der Waals surface area contributed by atoms with E-state index in [1.807, 2.05) is 0 Å². The topological polar surface area (TPSA) is 28.3 Å². The smallest absolute Gasteiger partial charge is 0.159 e. The summed E-state index contributed by atoms with van der Waals surface area (Å²) in [4.78, 5) is 0. The maximum Gasteiger partial charge on any atom is 0.159 e. The second-order valence-corrected chi connectivity index (χ2v) is 10.3. The van der Waals surface area contributed by atoms with Gasteiger partial charge in [-0.3, -0.25) is 0 Å². The zero-order valence-corrected chi connectivity index (χ0v) is 20.4. The van der Waals surface area contributed by atoms with Crippen molar-refractivity contribution in [1.29, 1.82) is 0 Å². The van der Waals surface area contributed by atoms with Crippen LogP contribution in [0.15, 0.2) is 57.6 Å². The van der Waals surface area contributed by atoms with Crippen molar-refractivity contribution in [2.75, 3.05) is 13.2 Å². The van der Waals surface area contributed by atoms with Gasteiger partial charge in [0.25, 0.3) is 0 Å². The summed E-state index contributed by atoms with van der Waals surface area (Å²) < 4.78 is 18.7. The van der Waals surface area contributed by atoms with Crippen LogP contribution in [0.3, 0.4) is 0 Å². The predicted molar refractivity (Wildman–Crippen MR) is 131 cm³/mol. The molecule has 6 rings (SSSR count). The second kappa shape index (κ2) is 8.07. The van der Waals surface area contributed by atoms with Gasteiger partial charge in [0.2, 0.25) is 0 Å². The molecule has 1 fully saturated rings. The van der Waals surface area contributed by atoms with E-state index in [1.54, 1.807) is 0 Å². The van der Waals surface area contributed by atoms with Crippen molar-refractivity contribution >= 4 is 53.7 Å². The zero-order valence-electron chi connectivity index (χ0n) is 17.2. The van der Waals surface area contributed by atoms with Gasteiger partial charge in [0.15, 0.2) is 6.29 Å². The second-order valence-electron chi connectivity index (χ2n) is 8.52. The van der Waals surface area contributed by atoms with Crippen molar-refractivity contribution in [2.24, 2.45) is 0 Å². The molecule has 2 aromatic heterocycles. The van der Waals surface area contributed by atoms with Crippen molar-refractivity contribution in [3.8, 4) is 0 Å². The number of ether oxygens (including phenoxy) is 2. The first-order valence-electron chi connectivity index (χ1n) is 11.0. The van der Waals surface area contributed by atoms with Gasteiger partial charge in [-0.15, -0.1) is 0 Å². The number of aryl methyl sites for hydroxylation is 2. The first-order chi connectivity index (χ1) is 15.2. The Morgan fingerprint density at radius 3 is 2.55 bits per heavy atom. The monoisotopic (exact) mass is 542 g/mol. The van der Waals surface area contributed by atoms with Crippen LogP contribution < -0.4 is 0 Å². The molecule has 6 heteroatoms. The summed E-state index contributed by atoms with van der Waals surface area (Å²) in [6, 6.07) is 15.6. The van der Waals surface area contributed by atoms with Gasteiger partial charge in [0, 0.05) is 68.1 Å². The third-order valence-corrected chi connectivity index (χ3v) is 7.63. The zero-order chi connectivity index (χ0) is 20.9. The van der Waals surface area contributed by atoms with Crippen molar-refractivity contribution in [3.63, 3.8) is 0 Å². The van der Waals surface area contributed by atoms with E-state index in [9.17, 15) is 0 Å². The third kappa shape index (κ3) is 3.58. The van der Waals surface area contributed by atoms with Crippen molar-refractivity contribution in [3.05, 3.63) is 68.9 Å². The molecule has 4 heterocycles. The number of nitrogens with zero attached hydrogens (tertiary/aromatic N) is 2. The van der Waals surface area contributed by atoms with Crippen molar-refractivity contribution in [1.82, 2.24) is 9.13 Å². The number of fused-ring (bicyclic) bond motifs is 4. The Morgan fingerprint density at radius 1 is 0.935 bits per heavy atom. The molecule has 0 radical (unpaired) electrons. The summed E-state index contributed by atoms with van der Waals surface area (Å²) in [6.45, 7) is 3.57. The van der Waals surface area contributed by atoms with E-state index in [2.05, 4.69) is 89.7 Å². The van der Waals surface area contributed by atoms with Crippen LogP contribution in [0.25, 0.3) is 21.8 Å². The van der Waals surface area contributed by atoms with E-state index in [4.69, 9.17) is 9.47 Å². The number of hydrogen-bond acceptors (Lipinski definition) is 2. The molecular formula is C25H24Br2N2O2. The Bertz CT molecular complexity index is 1270. The fourth-order valence-corrected chi connectivity index (χ4v) is 5.97. The Labute approximate surface area is 198 Å². The van der Waals surface area contributed by atoms with E-state index in [0.717, 1.165) is 54.5 Å². The quantitative estimate of drug-likeness (QED) is 0.283. The molecular weight excluding hydrogens is 520 g/mol. The van der Waals surface area contributed by atoms with E-state index in [1.165, 1.54) is 33.1 Å². The van der Waals surface area contributed by atoms with Crippen LogP contribution in [0.4, 0.5) is 0 Å². The minimum Gasteiger partial charge on any atom is -0.353 e. The minimum absolute atomic E-state index is 0.0856. The molecule has 0 N–H and O–H groups in total. The highest BCUT2D eigenvalue weighted by atomic mass is 79.9. The van der Waals surface area contributed by atoms with Gasteiger partial charge < -0.3 is 18.6 Å². The van der Waals surface area contributed by atoms with Gasteiger partial charge in [-0.1, -0.05) is 31.9 Å². The van der Waals surface area contributed by atoms with Crippen LogP contribution in [0.1, 0.15) is 36.4 Å². The van der Waals surface area contributed by atoms with Crippen LogP contribution in [0, 0.1) is 0 Å². The lowest BCUT2D eigenvalue weighted by Crippen LogP contribution is -2.25. The first kappa shape index (κ1) is 20.0. The summed E-state index contributed by atoms with van der Waals surface area (Å²) >= 11 is 7.32. The molecule has 0 aliphatic carbocycles. The highest BCUT2D eigenvalue weighted by Crippen LogP contribution is 2.42. The van der Waals surface area contributed by atoms with Crippen LogP contribution in [-0.4, -0.2) is 28.6 Å². The normalized spacial score (nSPS) is 19.5. The van der Waals surface area contributed by atoms with E-state index in [0.29, 0.717) is 5.92 Å². The molecule has 4 aromatic rings. The van der Waals surface area contributed by atoms with E-state index >= 15 is 0 Å². The van der Waals surface area contributed by atoms with Gasteiger partial charge in [0.1, 0.15) is 0 Å². The Morgan fingerprint density at radius 2 is 1.71 bits per heavy atom. The van der Waals surface area contributed by atoms with Gasteiger partial charge in [-0.25, -0.2) is 0 Å². The lowest BCUT2D eigenvalue weighted by Gasteiger charge is -2.23. The molecule has 1 unspecified atom stereocenters. The maximum absolute atomic E-state index is 5.78. The predicted octanol–water partition coefficient (Wildman–Crippen LogP) is 6.81. The SMILES string of the molecule is Brc1ccc2c(c1)cc1n2CCC1c1cn(CCC2OCCCO2)c2ccc(Br)cc12. The van der Waals surface area contributed by atoms with Gasteiger partial charge in [-0.05, 0) is 60.9 Å². The third-order valence-electron chi connectivity index (χ3n) is 6.65. The standard InChI is InChI=1S/C25H24Br2N2O2/c26-17-2-4-22-16(12-17)13-24-19(6-9-29(22)24)21-15-28(8-7-25-30-10-1-11-31-25)23-5-3-18(27)14-20(21)23/h2-5,12-15,19,25H,1,6-11H2. The van der Waals surface area contributed by atoms with E-state index in [-0.39, 0.29) is 6.29 Å². The molecule has 0 amide bonds. The lowest BCUT2D eigenvalue weighted by molar-refractivity contribution is -0.182. The average Bonchev–Trinajstić information content (AvgIpc) is 3.44. The molecule has 2 aliphatic heterocycles. The molecule has 2 aliphatic rings. The molecule has 0 spiro atoms. The number of rotatable bonds is 4. The molecule has 0 bridgehead atoms. The highest BCUT2D eigenvalue weighted by Gasteiger charge is 2.29. The fraction of sp³-hybridized carbons (Fsp3) is 0.360. The Balaban J connectivity index is 1.39. The highest BCUT2D eigenvalue weighted by molar-refractivity contribution is 9.10. The molecule has 1 saturated heterocycles. The summed E-state index contributed by atoms with van der Waals surface area (Å²) in [5.41, 5.74) is 5.46. The molecule has 1 atom stereocenters. The average molecular weight is 544 g/mol. The van der Waals surface area contributed by atoms with Gasteiger partial charge >= 0.3 is 0 Å². The van der Waals surface area contributed by atoms with Crippen molar-refractivity contribution in [2.45, 2.75) is 44.6 Å². The number of aromatic nitrogens is 2. The Hall–Kier alpha value is -1.60. The van der Waals surface area contributed by atoms with Crippen molar-refractivity contribution < 1.29 is 9.47 Å². The van der Waals surface area contributed by atoms with Crippen LogP contribution >= 0.6 is 31.9 Å². The largest absolute Gasteiger partial charge is 0.353 e. The maximum atomic E-state index is 5.78. The first-order valence-corrected chi connectivity index (χ1v) is 12.6. The fourth-order valence-electron chi connectivity index (χ4n) is 5.23. The van der Waals surface area contributed by atoms with Gasteiger partial charge in [-0.2, -0.15) is 0 Å². The number of halogens is 2. The number of hydrogen-bond donors (Lipinski definition) is 0.